The van der Waals surface area contributed by atoms with Gasteiger partial charge in [0.2, 0.25) is 0 Å². The molecule has 2 amide bonds. The second-order valence-electron chi connectivity index (χ2n) is 4.31. The van der Waals surface area contributed by atoms with Gasteiger partial charge < -0.3 is 9.73 Å². The third-order valence-electron chi connectivity index (χ3n) is 2.69. The van der Waals surface area contributed by atoms with Crippen molar-refractivity contribution in [2.75, 3.05) is 0 Å². The van der Waals surface area contributed by atoms with Crippen LogP contribution >= 0.6 is 0 Å². The fourth-order valence-electron chi connectivity index (χ4n) is 1.56. The van der Waals surface area contributed by atoms with Crippen LogP contribution in [0.15, 0.2) is 52.2 Å². The number of nitrogens with one attached hydrogen (secondary N) is 2. The van der Waals surface area contributed by atoms with Crippen LogP contribution in [0.1, 0.15) is 11.3 Å². The van der Waals surface area contributed by atoms with Gasteiger partial charge in [0.05, 0.1) is 23.9 Å². The highest BCUT2D eigenvalue weighted by Crippen LogP contribution is 2.10. The summed E-state index contributed by atoms with van der Waals surface area (Å²) in [6.07, 6.45) is 2.72. The zero-order valence-electron chi connectivity index (χ0n) is 11.8. The number of hydrogen-bond acceptors (Lipinski definition) is 6. The Morgan fingerprint density at radius 2 is 1.96 bits per heavy atom. The largest absolute Gasteiger partial charge is 0.467 e. The molecule has 118 valence electrons. The van der Waals surface area contributed by atoms with Crippen molar-refractivity contribution in [2.45, 2.75) is 6.54 Å². The number of rotatable bonds is 5. The fraction of sp³-hybridized carbons (Fsp3) is 0.0714. The predicted octanol–water partition coefficient (Wildman–Crippen LogP) is 0.954. The molecule has 1 aromatic heterocycles. The number of hydrazone groups is 1. The monoisotopic (exact) mass is 316 g/mol. The molecule has 9 heteroatoms. The molecule has 0 aliphatic rings. The standard InChI is InChI=1S/C14H12N4O5/c19-13(15-9-12-2-1-7-23-12)14(20)17-16-8-10-3-5-11(6-4-10)18(21)22/h1-8H,9H2,(H,15,19)(H,17,20). The molecule has 1 heterocycles. The van der Waals surface area contributed by atoms with Gasteiger partial charge in [-0.25, -0.2) is 5.43 Å². The van der Waals surface area contributed by atoms with E-state index in [1.165, 1.54) is 36.7 Å². The molecule has 0 aliphatic heterocycles. The van der Waals surface area contributed by atoms with E-state index in [0.717, 1.165) is 0 Å². The second-order valence-corrected chi connectivity index (χ2v) is 4.31. The van der Waals surface area contributed by atoms with Crippen LogP contribution in [0.5, 0.6) is 0 Å². The van der Waals surface area contributed by atoms with Crippen LogP contribution in [0.4, 0.5) is 5.69 Å². The summed E-state index contributed by atoms with van der Waals surface area (Å²) in [5.41, 5.74) is 2.53. The van der Waals surface area contributed by atoms with E-state index in [1.54, 1.807) is 12.1 Å². The molecular weight excluding hydrogens is 304 g/mol. The minimum atomic E-state index is -0.935. The second kappa shape index (κ2) is 7.50. The third kappa shape index (κ3) is 4.77. The number of non-ortho nitro benzene ring substituents is 1. The summed E-state index contributed by atoms with van der Waals surface area (Å²) in [6, 6.07) is 8.86. The topological polar surface area (TPSA) is 127 Å². The van der Waals surface area contributed by atoms with Crippen LogP contribution in [0.3, 0.4) is 0 Å². The molecule has 2 N–H and O–H groups in total. The maximum atomic E-state index is 11.5. The van der Waals surface area contributed by atoms with Crippen molar-refractivity contribution in [1.82, 2.24) is 10.7 Å². The van der Waals surface area contributed by atoms with Crippen LogP contribution in [-0.2, 0) is 16.1 Å². The number of nitro benzene ring substituents is 1. The van der Waals surface area contributed by atoms with E-state index in [-0.39, 0.29) is 12.2 Å². The molecule has 1 aromatic carbocycles. The lowest BCUT2D eigenvalue weighted by atomic mass is 10.2. The van der Waals surface area contributed by atoms with Crippen LogP contribution in [0.25, 0.3) is 0 Å². The summed E-state index contributed by atoms with van der Waals surface area (Å²) < 4.78 is 5.01. The number of carbonyl (C=O) groups is 2. The SMILES string of the molecule is O=C(NCc1ccco1)C(=O)NN=Cc1ccc([N+](=O)[O-])cc1. The Balaban J connectivity index is 1.80. The zero-order valence-corrected chi connectivity index (χ0v) is 11.8. The molecule has 0 unspecified atom stereocenters. The van der Waals surface area contributed by atoms with E-state index in [1.807, 2.05) is 0 Å². The Morgan fingerprint density at radius 1 is 1.22 bits per heavy atom. The molecule has 2 rings (SSSR count). The van der Waals surface area contributed by atoms with E-state index < -0.39 is 16.7 Å². The maximum Gasteiger partial charge on any atom is 0.329 e. The number of benzene rings is 1. The highest BCUT2D eigenvalue weighted by molar-refractivity contribution is 6.35. The normalized spacial score (nSPS) is 10.4. The van der Waals surface area contributed by atoms with Crippen molar-refractivity contribution in [1.29, 1.82) is 0 Å². The zero-order chi connectivity index (χ0) is 16.7. The first kappa shape index (κ1) is 15.9. The van der Waals surface area contributed by atoms with Crippen molar-refractivity contribution < 1.29 is 18.9 Å². The summed E-state index contributed by atoms with van der Waals surface area (Å²) in [5, 5.41) is 16.5. The van der Waals surface area contributed by atoms with Crippen LogP contribution in [0, 0.1) is 10.1 Å². The summed E-state index contributed by atoms with van der Waals surface area (Å²) in [6.45, 7) is 0.0886. The molecule has 0 bridgehead atoms. The molecule has 0 fully saturated rings. The Hall–Kier alpha value is -3.49. The number of carbonyl (C=O) groups excluding carboxylic acids is 2. The maximum absolute atomic E-state index is 11.5. The quantitative estimate of drug-likeness (QED) is 0.367. The van der Waals surface area contributed by atoms with Gasteiger partial charge in [0.15, 0.2) is 0 Å². The highest BCUT2D eigenvalue weighted by atomic mass is 16.6. The van der Waals surface area contributed by atoms with Gasteiger partial charge in [0, 0.05) is 12.1 Å². The van der Waals surface area contributed by atoms with Crippen LogP contribution < -0.4 is 10.7 Å². The predicted molar refractivity (Wildman–Crippen MR) is 79.4 cm³/mol. The van der Waals surface area contributed by atoms with Crippen molar-refractivity contribution in [2.24, 2.45) is 5.10 Å². The fourth-order valence-corrected chi connectivity index (χ4v) is 1.56. The lowest BCUT2D eigenvalue weighted by Crippen LogP contribution is -2.37. The summed E-state index contributed by atoms with van der Waals surface area (Å²) in [7, 11) is 0. The Kier molecular flexibility index (Phi) is 5.18. The van der Waals surface area contributed by atoms with Crippen molar-refractivity contribution in [3.05, 3.63) is 64.1 Å². The van der Waals surface area contributed by atoms with Gasteiger partial charge in [-0.05, 0) is 29.8 Å². The summed E-state index contributed by atoms with van der Waals surface area (Å²) >= 11 is 0. The third-order valence-corrected chi connectivity index (χ3v) is 2.69. The number of furan rings is 1. The van der Waals surface area contributed by atoms with Crippen LogP contribution in [-0.4, -0.2) is 23.0 Å². The first-order chi connectivity index (χ1) is 11.1. The van der Waals surface area contributed by atoms with Gasteiger partial charge >= 0.3 is 11.8 Å². The van der Waals surface area contributed by atoms with Gasteiger partial charge in [0.25, 0.3) is 5.69 Å². The van der Waals surface area contributed by atoms with E-state index in [2.05, 4.69) is 15.8 Å². The van der Waals surface area contributed by atoms with Gasteiger partial charge in [-0.3, -0.25) is 19.7 Å². The number of nitrogens with zero attached hydrogens (tertiary/aromatic N) is 2. The van der Waals surface area contributed by atoms with Crippen LogP contribution in [0.2, 0.25) is 0 Å². The van der Waals surface area contributed by atoms with Crippen molar-refractivity contribution in [3.63, 3.8) is 0 Å². The Bertz CT molecular complexity index is 722. The molecule has 0 aliphatic carbocycles. The first-order valence-electron chi connectivity index (χ1n) is 6.44. The molecule has 0 saturated heterocycles. The van der Waals surface area contributed by atoms with Gasteiger partial charge in [-0.2, -0.15) is 5.10 Å². The molecule has 9 nitrogen and oxygen atoms in total. The van der Waals surface area contributed by atoms with Crippen molar-refractivity contribution >= 4 is 23.7 Å². The molecule has 0 saturated carbocycles. The summed E-state index contributed by atoms with van der Waals surface area (Å²) in [5.74, 6) is -1.28. The van der Waals surface area contributed by atoms with Gasteiger partial charge in [-0.1, -0.05) is 0 Å². The minimum absolute atomic E-state index is 0.0523. The lowest BCUT2D eigenvalue weighted by molar-refractivity contribution is -0.384. The molecule has 2 aromatic rings. The number of nitro groups is 1. The summed E-state index contributed by atoms with van der Waals surface area (Å²) in [4.78, 5) is 32.9. The lowest BCUT2D eigenvalue weighted by Gasteiger charge is -2.01. The molecule has 23 heavy (non-hydrogen) atoms. The van der Waals surface area contributed by atoms with Gasteiger partial charge in [0.1, 0.15) is 5.76 Å². The Morgan fingerprint density at radius 3 is 2.57 bits per heavy atom. The number of amides is 2. The average Bonchev–Trinajstić information content (AvgIpc) is 3.06. The van der Waals surface area contributed by atoms with E-state index >= 15 is 0 Å². The minimum Gasteiger partial charge on any atom is -0.467 e. The molecular formula is C14H12N4O5. The van der Waals surface area contributed by atoms with E-state index in [9.17, 15) is 19.7 Å². The number of hydrogen-bond donors (Lipinski definition) is 2. The van der Waals surface area contributed by atoms with E-state index in [0.29, 0.717) is 11.3 Å². The highest BCUT2D eigenvalue weighted by Gasteiger charge is 2.12. The molecule has 0 radical (unpaired) electrons. The van der Waals surface area contributed by atoms with Gasteiger partial charge in [-0.15, -0.1) is 0 Å². The molecule has 0 spiro atoms. The average molecular weight is 316 g/mol. The Labute approximate surface area is 130 Å². The molecule has 0 atom stereocenters. The first-order valence-corrected chi connectivity index (χ1v) is 6.44. The van der Waals surface area contributed by atoms with E-state index in [4.69, 9.17) is 4.42 Å². The van der Waals surface area contributed by atoms with Crippen molar-refractivity contribution in [3.8, 4) is 0 Å². The smallest absolute Gasteiger partial charge is 0.329 e.